The Morgan fingerprint density at radius 3 is 2.52 bits per heavy atom. The Hall–Kier alpha value is -3.06. The second kappa shape index (κ2) is 8.13. The largest absolute Gasteiger partial charge is 0.497 e. The van der Waals surface area contributed by atoms with Crippen LogP contribution in [-0.2, 0) is 11.2 Å². The molecule has 7 heteroatoms. The van der Waals surface area contributed by atoms with Crippen molar-refractivity contribution in [3.63, 3.8) is 0 Å². The van der Waals surface area contributed by atoms with Crippen molar-refractivity contribution in [2.45, 2.75) is 18.4 Å². The quantitative estimate of drug-likeness (QED) is 0.806. The van der Waals surface area contributed by atoms with Crippen molar-refractivity contribution < 1.29 is 19.4 Å². The highest BCUT2D eigenvalue weighted by Gasteiger charge is 2.37. The average molecular weight is 395 g/mol. The van der Waals surface area contributed by atoms with E-state index in [-0.39, 0.29) is 11.8 Å². The minimum absolute atomic E-state index is 0.310. The molecule has 0 aromatic heterocycles. The van der Waals surface area contributed by atoms with Gasteiger partial charge in [0.1, 0.15) is 23.4 Å². The van der Waals surface area contributed by atoms with Crippen molar-refractivity contribution in [1.82, 2.24) is 5.32 Å². The molecule has 0 spiro atoms. The third-order valence-corrected chi connectivity index (χ3v) is 5.51. The number of carbonyl (C=O) groups is 1. The first-order valence-electron chi connectivity index (χ1n) is 9.68. The Labute approximate surface area is 170 Å². The predicted molar refractivity (Wildman–Crippen MR) is 111 cm³/mol. The standard InChI is InChI=1S/C22H25N3O4/c1-28-16-5-3-14(4-6-16)18-12-15-11-17(29-2)7-8-19(15)25(22(27)21(18)26)13-20-23-9-10-24-20/h3-8,11,18,21,26H,9-10,12-13H2,1-2H3,(H,23,24)/t18-,21+/m0/s1. The Kier molecular flexibility index (Phi) is 5.40. The highest BCUT2D eigenvalue weighted by Crippen LogP contribution is 2.37. The van der Waals surface area contributed by atoms with E-state index >= 15 is 0 Å². The van der Waals surface area contributed by atoms with E-state index in [1.54, 1.807) is 19.1 Å². The molecule has 4 rings (SSSR count). The first kappa shape index (κ1) is 19.3. The van der Waals surface area contributed by atoms with Gasteiger partial charge in [-0.1, -0.05) is 12.1 Å². The summed E-state index contributed by atoms with van der Waals surface area (Å²) in [5, 5.41) is 14.2. The number of hydrogen-bond donors (Lipinski definition) is 2. The molecule has 0 aliphatic carbocycles. The van der Waals surface area contributed by atoms with Gasteiger partial charge in [-0.25, -0.2) is 0 Å². The van der Waals surface area contributed by atoms with Crippen LogP contribution in [0.25, 0.3) is 0 Å². The average Bonchev–Trinajstić information content (AvgIpc) is 3.25. The second-order valence-electron chi connectivity index (χ2n) is 7.20. The number of methoxy groups -OCH3 is 2. The first-order chi connectivity index (χ1) is 14.1. The maximum absolute atomic E-state index is 13.3. The molecule has 2 heterocycles. The molecule has 0 fully saturated rings. The number of aliphatic imine (C=N–C) groups is 1. The van der Waals surface area contributed by atoms with Crippen LogP contribution in [0.1, 0.15) is 17.0 Å². The van der Waals surface area contributed by atoms with Crippen LogP contribution in [0, 0.1) is 0 Å². The van der Waals surface area contributed by atoms with Gasteiger partial charge in [-0.05, 0) is 47.9 Å². The number of amides is 1. The highest BCUT2D eigenvalue weighted by atomic mass is 16.5. The summed E-state index contributed by atoms with van der Waals surface area (Å²) < 4.78 is 10.6. The van der Waals surface area contributed by atoms with E-state index in [0.717, 1.165) is 40.7 Å². The molecule has 152 valence electrons. The van der Waals surface area contributed by atoms with Crippen molar-refractivity contribution in [2.24, 2.45) is 4.99 Å². The molecule has 0 saturated carbocycles. The molecule has 2 aromatic carbocycles. The fraction of sp³-hybridized carbons (Fsp3) is 0.364. The SMILES string of the molecule is COc1ccc([C@@H]2Cc3cc(OC)ccc3N(CC3=NCCN3)C(=O)[C@@H]2O)cc1. The zero-order valence-corrected chi connectivity index (χ0v) is 16.6. The number of aliphatic hydroxyl groups excluding tert-OH is 1. The van der Waals surface area contributed by atoms with Gasteiger partial charge >= 0.3 is 0 Å². The first-order valence-corrected chi connectivity index (χ1v) is 9.68. The summed E-state index contributed by atoms with van der Waals surface area (Å²) in [6.07, 6.45) is -0.647. The monoisotopic (exact) mass is 395 g/mol. The fourth-order valence-electron chi connectivity index (χ4n) is 3.93. The molecule has 2 aliphatic rings. The summed E-state index contributed by atoms with van der Waals surface area (Å²) >= 11 is 0. The summed E-state index contributed by atoms with van der Waals surface area (Å²) in [5.74, 6) is 1.51. The summed E-state index contributed by atoms with van der Waals surface area (Å²) in [5.41, 5.74) is 2.62. The Bertz CT molecular complexity index is 926. The fourth-order valence-corrected chi connectivity index (χ4v) is 3.93. The molecule has 2 aliphatic heterocycles. The van der Waals surface area contributed by atoms with Gasteiger partial charge in [-0.15, -0.1) is 0 Å². The maximum Gasteiger partial charge on any atom is 0.256 e. The van der Waals surface area contributed by atoms with Crippen molar-refractivity contribution in [3.8, 4) is 11.5 Å². The number of nitrogens with one attached hydrogen (secondary N) is 1. The van der Waals surface area contributed by atoms with E-state index in [0.29, 0.717) is 19.5 Å². The Morgan fingerprint density at radius 2 is 1.86 bits per heavy atom. The van der Waals surface area contributed by atoms with Gasteiger partial charge in [0.15, 0.2) is 0 Å². The van der Waals surface area contributed by atoms with Gasteiger partial charge < -0.3 is 24.8 Å². The van der Waals surface area contributed by atoms with Gasteiger partial charge in [-0.2, -0.15) is 0 Å². The van der Waals surface area contributed by atoms with Crippen LogP contribution in [0.5, 0.6) is 11.5 Å². The van der Waals surface area contributed by atoms with Gasteiger partial charge in [-0.3, -0.25) is 9.79 Å². The van der Waals surface area contributed by atoms with E-state index in [1.165, 1.54) is 0 Å². The third-order valence-electron chi connectivity index (χ3n) is 5.51. The highest BCUT2D eigenvalue weighted by molar-refractivity contribution is 6.04. The van der Waals surface area contributed by atoms with Crippen LogP contribution in [-0.4, -0.2) is 56.8 Å². The van der Waals surface area contributed by atoms with E-state index in [1.807, 2.05) is 42.5 Å². The smallest absolute Gasteiger partial charge is 0.256 e. The van der Waals surface area contributed by atoms with Crippen LogP contribution in [0.4, 0.5) is 5.69 Å². The zero-order valence-electron chi connectivity index (χ0n) is 16.6. The van der Waals surface area contributed by atoms with Crippen molar-refractivity contribution >= 4 is 17.4 Å². The van der Waals surface area contributed by atoms with Gasteiger partial charge in [0.25, 0.3) is 5.91 Å². The third kappa shape index (κ3) is 3.78. The molecular formula is C22H25N3O4. The Balaban J connectivity index is 1.74. The lowest BCUT2D eigenvalue weighted by molar-refractivity contribution is -0.127. The minimum atomic E-state index is -1.16. The van der Waals surface area contributed by atoms with Crippen LogP contribution >= 0.6 is 0 Å². The number of fused-ring (bicyclic) bond motifs is 1. The molecule has 2 N–H and O–H groups in total. The topological polar surface area (TPSA) is 83.4 Å². The molecule has 1 amide bonds. The molecule has 7 nitrogen and oxygen atoms in total. The number of ether oxygens (including phenoxy) is 2. The number of carbonyl (C=O) groups excluding carboxylic acids is 1. The lowest BCUT2D eigenvalue weighted by Gasteiger charge is -2.25. The number of anilines is 1. The molecule has 2 aromatic rings. The van der Waals surface area contributed by atoms with Crippen LogP contribution in [0.3, 0.4) is 0 Å². The second-order valence-corrected chi connectivity index (χ2v) is 7.20. The van der Waals surface area contributed by atoms with E-state index in [2.05, 4.69) is 10.3 Å². The number of aliphatic hydroxyl groups is 1. The molecule has 29 heavy (non-hydrogen) atoms. The van der Waals surface area contributed by atoms with Crippen LogP contribution < -0.4 is 19.7 Å². The molecule has 0 bridgehead atoms. The molecule has 0 unspecified atom stereocenters. The van der Waals surface area contributed by atoms with Crippen molar-refractivity contribution in [2.75, 3.05) is 38.8 Å². The molecule has 0 radical (unpaired) electrons. The van der Waals surface area contributed by atoms with E-state index in [9.17, 15) is 9.90 Å². The number of nitrogens with zero attached hydrogens (tertiary/aromatic N) is 2. The van der Waals surface area contributed by atoms with Gasteiger partial charge in [0, 0.05) is 18.2 Å². The number of amidine groups is 1. The van der Waals surface area contributed by atoms with E-state index in [4.69, 9.17) is 9.47 Å². The molecular weight excluding hydrogens is 370 g/mol. The summed E-state index contributed by atoms with van der Waals surface area (Å²) in [6.45, 7) is 1.78. The molecule has 0 saturated heterocycles. The van der Waals surface area contributed by atoms with E-state index < -0.39 is 6.10 Å². The summed E-state index contributed by atoms with van der Waals surface area (Å²) in [7, 11) is 3.23. The lowest BCUT2D eigenvalue weighted by Crippen LogP contribution is -2.45. The van der Waals surface area contributed by atoms with Gasteiger partial charge in [0.2, 0.25) is 0 Å². The van der Waals surface area contributed by atoms with Crippen molar-refractivity contribution in [1.29, 1.82) is 0 Å². The maximum atomic E-state index is 13.3. The summed E-state index contributed by atoms with van der Waals surface area (Å²) in [6, 6.07) is 13.1. The number of benzene rings is 2. The van der Waals surface area contributed by atoms with Gasteiger partial charge in [0.05, 0.1) is 27.3 Å². The van der Waals surface area contributed by atoms with Crippen LogP contribution in [0.2, 0.25) is 0 Å². The Morgan fingerprint density at radius 1 is 1.14 bits per heavy atom. The predicted octanol–water partition coefficient (Wildman–Crippen LogP) is 1.74. The lowest BCUT2D eigenvalue weighted by atomic mass is 9.87. The zero-order chi connectivity index (χ0) is 20.4. The minimum Gasteiger partial charge on any atom is -0.497 e. The summed E-state index contributed by atoms with van der Waals surface area (Å²) in [4.78, 5) is 19.3. The molecule has 2 atom stereocenters. The number of rotatable bonds is 5. The number of hydrogen-bond acceptors (Lipinski definition) is 6. The normalized spacial score (nSPS) is 21.1. The van der Waals surface area contributed by atoms with Crippen molar-refractivity contribution in [3.05, 3.63) is 53.6 Å². The van der Waals surface area contributed by atoms with Crippen LogP contribution in [0.15, 0.2) is 47.5 Å².